The molecule has 2 N–H and O–H groups in total. The number of morpholine rings is 1. The molecule has 1 saturated heterocycles. The molecule has 0 aliphatic carbocycles. The van der Waals surface area contributed by atoms with E-state index in [9.17, 15) is 14.9 Å². The Morgan fingerprint density at radius 3 is 2.25 bits per heavy atom. The number of urea groups is 1. The number of hydrogen-bond donors (Lipinski definition) is 2. The van der Waals surface area contributed by atoms with Crippen molar-refractivity contribution >= 4 is 11.9 Å². The number of benzene rings is 2. The highest BCUT2D eigenvalue weighted by Gasteiger charge is 2.26. The van der Waals surface area contributed by atoms with Crippen LogP contribution in [0.4, 0.5) is 4.79 Å². The van der Waals surface area contributed by atoms with E-state index in [0.717, 1.165) is 11.1 Å². The summed E-state index contributed by atoms with van der Waals surface area (Å²) in [5.41, 5.74) is 1.89. The zero-order valence-electron chi connectivity index (χ0n) is 17.9. The van der Waals surface area contributed by atoms with Gasteiger partial charge in [0.25, 0.3) is 0 Å². The van der Waals surface area contributed by atoms with Crippen LogP contribution in [-0.2, 0) is 27.3 Å². The van der Waals surface area contributed by atoms with E-state index in [-0.39, 0.29) is 12.6 Å². The zero-order chi connectivity index (χ0) is 22.6. The normalized spacial score (nSPS) is 15.3. The molecule has 2 aromatic carbocycles. The summed E-state index contributed by atoms with van der Waals surface area (Å²) < 4.78 is 10.9. The van der Waals surface area contributed by atoms with Crippen molar-refractivity contribution in [3.05, 3.63) is 71.8 Å². The van der Waals surface area contributed by atoms with E-state index in [1.165, 1.54) is 0 Å². The molecule has 0 aromatic heterocycles. The molecule has 3 rings (SSSR count). The number of hydrogen-bond acceptors (Lipinski definition) is 5. The van der Waals surface area contributed by atoms with Crippen LogP contribution in [0.3, 0.4) is 0 Å². The monoisotopic (exact) mass is 436 g/mol. The SMILES string of the molecule is N#C[C@H](COCc1ccccc1)NC(=O)[C@H](Cc1ccccc1)NC(=O)N1CCOCC1. The average Bonchev–Trinajstić information content (AvgIpc) is 2.84. The molecular weight excluding hydrogens is 408 g/mol. The number of rotatable bonds is 9. The van der Waals surface area contributed by atoms with Gasteiger partial charge in [0, 0.05) is 19.5 Å². The number of nitrogens with one attached hydrogen (secondary N) is 2. The molecule has 3 amide bonds. The Morgan fingerprint density at radius 1 is 1.00 bits per heavy atom. The predicted octanol–water partition coefficient (Wildman–Crippen LogP) is 1.86. The average molecular weight is 437 g/mol. The van der Waals surface area contributed by atoms with Gasteiger partial charge in [0.1, 0.15) is 12.1 Å². The van der Waals surface area contributed by atoms with Gasteiger partial charge < -0.3 is 25.0 Å². The summed E-state index contributed by atoms with van der Waals surface area (Å²) in [6.07, 6.45) is 0.311. The topological polar surface area (TPSA) is 104 Å². The Balaban J connectivity index is 1.59. The van der Waals surface area contributed by atoms with Gasteiger partial charge in [0.2, 0.25) is 5.91 Å². The Labute approximate surface area is 188 Å². The third-order valence-electron chi connectivity index (χ3n) is 5.06. The van der Waals surface area contributed by atoms with Gasteiger partial charge in [-0.25, -0.2) is 4.79 Å². The Kier molecular flexibility index (Phi) is 9.05. The van der Waals surface area contributed by atoms with Gasteiger partial charge in [-0.3, -0.25) is 4.79 Å². The summed E-state index contributed by atoms with van der Waals surface area (Å²) in [4.78, 5) is 27.3. The third-order valence-corrected chi connectivity index (χ3v) is 5.06. The van der Waals surface area contributed by atoms with Crippen molar-refractivity contribution < 1.29 is 19.1 Å². The molecule has 8 nitrogen and oxygen atoms in total. The summed E-state index contributed by atoms with van der Waals surface area (Å²) >= 11 is 0. The third kappa shape index (κ3) is 7.38. The molecule has 0 bridgehead atoms. The lowest BCUT2D eigenvalue weighted by Gasteiger charge is -2.29. The van der Waals surface area contributed by atoms with E-state index >= 15 is 0 Å². The first-order valence-electron chi connectivity index (χ1n) is 10.6. The fourth-order valence-corrected chi connectivity index (χ4v) is 3.32. The van der Waals surface area contributed by atoms with E-state index < -0.39 is 18.0 Å². The van der Waals surface area contributed by atoms with Crippen molar-refractivity contribution in [2.75, 3.05) is 32.9 Å². The first-order chi connectivity index (χ1) is 15.7. The molecule has 0 unspecified atom stereocenters. The quantitative estimate of drug-likeness (QED) is 0.625. The van der Waals surface area contributed by atoms with Gasteiger partial charge in [-0.15, -0.1) is 0 Å². The maximum absolute atomic E-state index is 13.0. The maximum Gasteiger partial charge on any atom is 0.318 e. The lowest BCUT2D eigenvalue weighted by molar-refractivity contribution is -0.123. The van der Waals surface area contributed by atoms with Gasteiger partial charge in [0.15, 0.2) is 0 Å². The molecule has 1 heterocycles. The van der Waals surface area contributed by atoms with E-state index in [1.54, 1.807) is 4.90 Å². The second kappa shape index (κ2) is 12.4. The first kappa shape index (κ1) is 23.3. The largest absolute Gasteiger partial charge is 0.378 e. The van der Waals surface area contributed by atoms with Crippen LogP contribution in [0.5, 0.6) is 0 Å². The molecule has 0 spiro atoms. The number of carbonyl (C=O) groups excluding carboxylic acids is 2. The smallest absolute Gasteiger partial charge is 0.318 e. The zero-order valence-corrected chi connectivity index (χ0v) is 17.9. The fraction of sp³-hybridized carbons (Fsp3) is 0.375. The van der Waals surface area contributed by atoms with Crippen molar-refractivity contribution in [1.29, 1.82) is 5.26 Å². The molecule has 0 radical (unpaired) electrons. The van der Waals surface area contributed by atoms with Crippen LogP contribution in [-0.4, -0.2) is 61.8 Å². The van der Waals surface area contributed by atoms with E-state index in [0.29, 0.717) is 39.3 Å². The van der Waals surface area contributed by atoms with Crippen molar-refractivity contribution in [3.8, 4) is 6.07 Å². The highest BCUT2D eigenvalue weighted by molar-refractivity contribution is 5.87. The number of ether oxygens (including phenoxy) is 2. The molecule has 2 aromatic rings. The minimum absolute atomic E-state index is 0.0482. The first-order valence-corrected chi connectivity index (χ1v) is 10.6. The van der Waals surface area contributed by atoms with Gasteiger partial charge in [0.05, 0.1) is 32.5 Å². The molecule has 1 fully saturated rings. The van der Waals surface area contributed by atoms with Crippen LogP contribution in [0.1, 0.15) is 11.1 Å². The molecule has 0 saturated carbocycles. The summed E-state index contributed by atoms with van der Waals surface area (Å²) in [6.45, 7) is 2.28. The number of amides is 3. The van der Waals surface area contributed by atoms with E-state index in [4.69, 9.17) is 9.47 Å². The van der Waals surface area contributed by atoms with Crippen LogP contribution < -0.4 is 10.6 Å². The molecule has 1 aliphatic rings. The molecule has 2 atom stereocenters. The lowest BCUT2D eigenvalue weighted by atomic mass is 10.0. The van der Waals surface area contributed by atoms with Gasteiger partial charge >= 0.3 is 6.03 Å². The van der Waals surface area contributed by atoms with Crippen molar-refractivity contribution in [2.45, 2.75) is 25.1 Å². The van der Waals surface area contributed by atoms with Gasteiger partial charge in [-0.2, -0.15) is 5.26 Å². The molecule has 1 aliphatic heterocycles. The minimum atomic E-state index is -0.829. The Hall–Kier alpha value is -3.41. The van der Waals surface area contributed by atoms with Crippen LogP contribution in [0, 0.1) is 11.3 Å². The van der Waals surface area contributed by atoms with E-state index in [2.05, 4.69) is 16.7 Å². The van der Waals surface area contributed by atoms with E-state index in [1.807, 2.05) is 60.7 Å². The number of nitriles is 1. The number of carbonyl (C=O) groups is 2. The highest BCUT2D eigenvalue weighted by atomic mass is 16.5. The minimum Gasteiger partial charge on any atom is -0.378 e. The van der Waals surface area contributed by atoms with Gasteiger partial charge in [-0.1, -0.05) is 60.7 Å². The summed E-state index contributed by atoms with van der Waals surface area (Å²) in [7, 11) is 0. The van der Waals surface area contributed by atoms with Gasteiger partial charge in [-0.05, 0) is 11.1 Å². The molecule has 168 valence electrons. The summed E-state index contributed by atoms with van der Waals surface area (Å²) in [5, 5.41) is 15.0. The maximum atomic E-state index is 13.0. The van der Waals surface area contributed by atoms with Crippen LogP contribution >= 0.6 is 0 Å². The fourth-order valence-electron chi connectivity index (χ4n) is 3.32. The second-order valence-electron chi connectivity index (χ2n) is 7.48. The van der Waals surface area contributed by atoms with Crippen molar-refractivity contribution in [3.63, 3.8) is 0 Å². The summed E-state index contributed by atoms with van der Waals surface area (Å²) in [6, 6.07) is 19.1. The lowest BCUT2D eigenvalue weighted by Crippen LogP contribution is -2.55. The van der Waals surface area contributed by atoms with Crippen molar-refractivity contribution in [1.82, 2.24) is 15.5 Å². The molecule has 8 heteroatoms. The predicted molar refractivity (Wildman–Crippen MR) is 118 cm³/mol. The summed E-state index contributed by atoms with van der Waals surface area (Å²) in [5.74, 6) is -0.426. The van der Waals surface area contributed by atoms with Crippen molar-refractivity contribution in [2.24, 2.45) is 0 Å². The van der Waals surface area contributed by atoms with Crippen LogP contribution in [0.15, 0.2) is 60.7 Å². The van der Waals surface area contributed by atoms with Crippen LogP contribution in [0.2, 0.25) is 0 Å². The molecule has 32 heavy (non-hydrogen) atoms. The standard InChI is InChI=1S/C24H28N4O4/c25-16-21(18-32-17-20-9-5-2-6-10-20)26-23(29)22(15-19-7-3-1-4-8-19)27-24(30)28-11-13-31-14-12-28/h1-10,21-22H,11-15,17-18H2,(H,26,29)(H,27,30)/t21-,22+/m1/s1. The Bertz CT molecular complexity index is 895. The highest BCUT2D eigenvalue weighted by Crippen LogP contribution is 2.06. The molecular formula is C24H28N4O4. The van der Waals surface area contributed by atoms with Crippen LogP contribution in [0.25, 0.3) is 0 Å². The second-order valence-corrected chi connectivity index (χ2v) is 7.48. The number of nitrogens with zero attached hydrogens (tertiary/aromatic N) is 2. The Morgan fingerprint density at radius 2 is 1.62 bits per heavy atom.